The maximum Gasteiger partial charge on any atom is 0.0726 e. The van der Waals surface area contributed by atoms with Gasteiger partial charge in [-0.1, -0.05) is 206 Å². The van der Waals surface area contributed by atoms with Gasteiger partial charge in [-0.05, 0) is 118 Å². The van der Waals surface area contributed by atoms with Gasteiger partial charge in [0.25, 0.3) is 0 Å². The van der Waals surface area contributed by atoms with E-state index in [0.717, 1.165) is 17.1 Å². The van der Waals surface area contributed by atoms with E-state index in [-0.39, 0.29) is 0 Å². The second-order valence-corrected chi connectivity index (χ2v) is 16.7. The van der Waals surface area contributed by atoms with Gasteiger partial charge in [0.1, 0.15) is 0 Å². The average molecular weight is 786 g/mol. The van der Waals surface area contributed by atoms with Crippen LogP contribution in [0.15, 0.2) is 237 Å². The normalized spacial score (nSPS) is 13.0. The number of para-hydroxylation sites is 1. The number of anilines is 3. The highest BCUT2D eigenvalue weighted by molar-refractivity contribution is 6.26. The van der Waals surface area contributed by atoms with Crippen LogP contribution in [-0.4, -0.2) is 0 Å². The largest absolute Gasteiger partial charge is 0.309 e. The van der Waals surface area contributed by atoms with E-state index in [1.807, 2.05) is 0 Å². The fourth-order valence-electron chi connectivity index (χ4n) is 11.1. The van der Waals surface area contributed by atoms with Gasteiger partial charge in [0, 0.05) is 16.8 Å². The quantitative estimate of drug-likeness (QED) is 0.157. The van der Waals surface area contributed by atoms with Crippen molar-refractivity contribution >= 4 is 49.4 Å². The molecule has 0 heterocycles. The Kier molecular flexibility index (Phi) is 7.59. The summed E-state index contributed by atoms with van der Waals surface area (Å²) in [5.41, 5.74) is 18.1. The fourth-order valence-corrected chi connectivity index (χ4v) is 11.1. The Labute approximate surface area is 361 Å². The highest BCUT2D eigenvalue weighted by Gasteiger charge is 2.52. The second-order valence-electron chi connectivity index (χ2n) is 16.7. The molecule has 0 atom stereocenters. The molecule has 2 aliphatic carbocycles. The van der Waals surface area contributed by atoms with Crippen LogP contribution in [0.3, 0.4) is 0 Å². The molecule has 1 heteroatoms. The maximum atomic E-state index is 2.56. The van der Waals surface area contributed by atoms with Crippen molar-refractivity contribution in [1.29, 1.82) is 0 Å². The van der Waals surface area contributed by atoms with Crippen LogP contribution >= 0.6 is 0 Å². The van der Waals surface area contributed by atoms with E-state index in [4.69, 9.17) is 0 Å². The SMILES string of the molecule is c1ccc(-c2ccccc2N(c2ccc3c4ccccc4c4ccccc4c3c2)c2cc3c(cc2-c2ccccc2)-c2ccccc2C32c3ccccc3-c3ccccc32)cc1. The van der Waals surface area contributed by atoms with Crippen molar-refractivity contribution in [2.45, 2.75) is 5.41 Å². The monoisotopic (exact) mass is 785 g/mol. The summed E-state index contributed by atoms with van der Waals surface area (Å²) < 4.78 is 0. The molecule has 62 heavy (non-hydrogen) atoms. The van der Waals surface area contributed by atoms with Crippen molar-refractivity contribution in [1.82, 2.24) is 0 Å². The van der Waals surface area contributed by atoms with Gasteiger partial charge in [-0.15, -0.1) is 0 Å². The molecule has 0 saturated carbocycles. The van der Waals surface area contributed by atoms with Crippen LogP contribution < -0.4 is 4.90 Å². The molecule has 0 aromatic heterocycles. The fraction of sp³-hybridized carbons (Fsp3) is 0.0164. The minimum atomic E-state index is -0.494. The first-order chi connectivity index (χ1) is 30.8. The average Bonchev–Trinajstić information content (AvgIpc) is 3.81. The lowest BCUT2D eigenvalue weighted by atomic mass is 9.70. The summed E-state index contributed by atoms with van der Waals surface area (Å²) in [6.07, 6.45) is 0. The van der Waals surface area contributed by atoms with Crippen molar-refractivity contribution in [3.63, 3.8) is 0 Å². The summed E-state index contributed by atoms with van der Waals surface area (Å²) in [7, 11) is 0. The number of hydrogen-bond acceptors (Lipinski definition) is 1. The first kappa shape index (κ1) is 34.8. The molecule has 0 amide bonds. The van der Waals surface area contributed by atoms with Crippen molar-refractivity contribution < 1.29 is 0 Å². The number of hydrogen-bond donors (Lipinski definition) is 0. The second kappa shape index (κ2) is 13.5. The van der Waals surface area contributed by atoms with Crippen LogP contribution in [-0.2, 0) is 5.41 Å². The van der Waals surface area contributed by atoms with E-state index in [1.165, 1.54) is 99.1 Å². The molecular weight excluding hydrogens is 747 g/mol. The zero-order valence-corrected chi connectivity index (χ0v) is 34.0. The molecule has 1 spiro atoms. The Hall–Kier alpha value is -8.00. The van der Waals surface area contributed by atoms with E-state index >= 15 is 0 Å². The molecule has 0 N–H and O–H groups in total. The van der Waals surface area contributed by atoms with Crippen LogP contribution in [0, 0.1) is 0 Å². The van der Waals surface area contributed by atoms with Crippen molar-refractivity contribution in [2.75, 3.05) is 4.90 Å². The zero-order valence-electron chi connectivity index (χ0n) is 34.0. The lowest BCUT2D eigenvalue weighted by Gasteiger charge is -2.34. The summed E-state index contributed by atoms with van der Waals surface area (Å²) in [6, 6.07) is 88.0. The molecule has 11 aromatic rings. The summed E-state index contributed by atoms with van der Waals surface area (Å²) in [6.45, 7) is 0. The predicted molar refractivity (Wildman–Crippen MR) is 261 cm³/mol. The van der Waals surface area contributed by atoms with Crippen molar-refractivity contribution in [2.24, 2.45) is 0 Å². The lowest BCUT2D eigenvalue weighted by Crippen LogP contribution is -2.26. The first-order valence-corrected chi connectivity index (χ1v) is 21.6. The van der Waals surface area contributed by atoms with Crippen LogP contribution in [0.1, 0.15) is 22.3 Å². The third kappa shape index (κ3) is 4.85. The van der Waals surface area contributed by atoms with Gasteiger partial charge >= 0.3 is 0 Å². The minimum absolute atomic E-state index is 0.494. The highest BCUT2D eigenvalue weighted by Crippen LogP contribution is 2.64. The van der Waals surface area contributed by atoms with Crippen LogP contribution in [0.4, 0.5) is 17.1 Å². The molecule has 1 nitrogen and oxygen atoms in total. The van der Waals surface area contributed by atoms with Gasteiger partial charge in [0.2, 0.25) is 0 Å². The predicted octanol–water partition coefficient (Wildman–Crippen LogP) is 16.3. The molecule has 0 bridgehead atoms. The number of benzene rings is 11. The standard InChI is InChI=1S/C61H39N/c1-3-19-40(20-4-1)43-23-14-18-34-59(43)62(42-35-36-48-46-26-8-7-24-44(46)45-25-9-10-27-47(45)53(48)37-42)60-39-58-54(38-52(60)41-21-5-2-6-22-41)51-30-13-17-33-57(51)61(58)55-31-15-11-28-49(55)50-29-12-16-32-56(50)61/h1-39H. The van der Waals surface area contributed by atoms with Crippen molar-refractivity contribution in [3.05, 3.63) is 259 Å². The molecule has 2 aliphatic rings. The van der Waals surface area contributed by atoms with Crippen molar-refractivity contribution in [3.8, 4) is 44.5 Å². The summed E-state index contributed by atoms with van der Waals surface area (Å²) in [5, 5.41) is 7.57. The Morgan fingerprint density at radius 1 is 0.242 bits per heavy atom. The van der Waals surface area contributed by atoms with Gasteiger partial charge in [0.05, 0.1) is 16.8 Å². The Morgan fingerprint density at radius 3 is 1.23 bits per heavy atom. The third-order valence-corrected chi connectivity index (χ3v) is 13.7. The molecule has 13 rings (SSSR count). The van der Waals surface area contributed by atoms with Gasteiger partial charge in [-0.2, -0.15) is 0 Å². The Balaban J connectivity index is 1.18. The van der Waals surface area contributed by atoms with Crippen LogP contribution in [0.5, 0.6) is 0 Å². The molecule has 0 unspecified atom stereocenters. The van der Waals surface area contributed by atoms with E-state index in [9.17, 15) is 0 Å². The van der Waals surface area contributed by atoms with Gasteiger partial charge in [-0.25, -0.2) is 0 Å². The van der Waals surface area contributed by atoms with Gasteiger partial charge in [0.15, 0.2) is 0 Å². The summed E-state index contributed by atoms with van der Waals surface area (Å²) >= 11 is 0. The van der Waals surface area contributed by atoms with E-state index < -0.39 is 5.41 Å². The van der Waals surface area contributed by atoms with E-state index in [0.29, 0.717) is 0 Å². The smallest absolute Gasteiger partial charge is 0.0726 e. The van der Waals surface area contributed by atoms with Crippen LogP contribution in [0.2, 0.25) is 0 Å². The first-order valence-electron chi connectivity index (χ1n) is 21.6. The lowest BCUT2D eigenvalue weighted by molar-refractivity contribution is 0.794. The molecule has 288 valence electrons. The Bertz CT molecular complexity index is 3500. The summed E-state index contributed by atoms with van der Waals surface area (Å²) in [5.74, 6) is 0. The molecule has 11 aromatic carbocycles. The number of nitrogens with zero attached hydrogens (tertiary/aromatic N) is 1. The third-order valence-electron chi connectivity index (χ3n) is 13.7. The number of rotatable bonds is 5. The molecule has 0 radical (unpaired) electrons. The number of fused-ring (bicyclic) bond motifs is 16. The minimum Gasteiger partial charge on any atom is -0.309 e. The topological polar surface area (TPSA) is 3.24 Å². The van der Waals surface area contributed by atoms with Crippen LogP contribution in [0.25, 0.3) is 76.8 Å². The highest BCUT2D eigenvalue weighted by atomic mass is 15.1. The van der Waals surface area contributed by atoms with Gasteiger partial charge < -0.3 is 4.90 Å². The molecule has 0 fully saturated rings. The maximum absolute atomic E-state index is 2.56. The van der Waals surface area contributed by atoms with E-state index in [2.05, 4.69) is 241 Å². The molecule has 0 aliphatic heterocycles. The van der Waals surface area contributed by atoms with Gasteiger partial charge in [-0.3, -0.25) is 0 Å². The zero-order chi connectivity index (χ0) is 40.8. The molecule has 0 saturated heterocycles. The summed E-state index contributed by atoms with van der Waals surface area (Å²) in [4.78, 5) is 2.55. The van der Waals surface area contributed by atoms with E-state index in [1.54, 1.807) is 0 Å². The molecular formula is C61H39N. The Morgan fingerprint density at radius 2 is 0.661 bits per heavy atom.